The molecule has 1 aromatic heterocycles. The minimum absolute atomic E-state index is 0.152. The molecule has 2 aromatic carbocycles. The molecule has 1 aliphatic rings. The van der Waals surface area contributed by atoms with E-state index in [4.69, 9.17) is 0 Å². The van der Waals surface area contributed by atoms with Crippen LogP contribution in [0.3, 0.4) is 0 Å². The number of aryl methyl sites for hydroxylation is 3. The number of sulfonamides is 1. The number of aromatic nitrogens is 1. The summed E-state index contributed by atoms with van der Waals surface area (Å²) in [4.78, 5) is 19.6. The molecule has 3 aromatic rings. The molecule has 0 bridgehead atoms. The number of nitrogens with one attached hydrogen (secondary N) is 2. The predicted octanol–water partition coefficient (Wildman–Crippen LogP) is 3.23. The Labute approximate surface area is 167 Å². The van der Waals surface area contributed by atoms with Gasteiger partial charge in [0.25, 0.3) is 15.9 Å². The van der Waals surface area contributed by atoms with Gasteiger partial charge in [0.15, 0.2) is 0 Å². The van der Waals surface area contributed by atoms with Crippen molar-refractivity contribution in [3.8, 4) is 10.6 Å². The normalized spacial score (nSPS) is 13.3. The minimum atomic E-state index is -3.84. The van der Waals surface area contributed by atoms with Crippen molar-refractivity contribution in [1.29, 1.82) is 0 Å². The van der Waals surface area contributed by atoms with Crippen molar-refractivity contribution in [1.82, 2.24) is 15.2 Å². The molecule has 0 atom stereocenters. The van der Waals surface area contributed by atoms with Crippen LogP contribution in [0.25, 0.3) is 10.6 Å². The quantitative estimate of drug-likeness (QED) is 0.629. The first kappa shape index (κ1) is 18.8. The Bertz CT molecular complexity index is 1140. The summed E-state index contributed by atoms with van der Waals surface area (Å²) in [6.45, 7) is 1.73. The number of nitrogens with zero attached hydrogens (tertiary/aromatic N) is 1. The summed E-state index contributed by atoms with van der Waals surface area (Å²) in [5, 5.41) is 0.713. The number of amides is 1. The Hall–Kier alpha value is -2.55. The van der Waals surface area contributed by atoms with Crippen LogP contribution in [0.5, 0.6) is 0 Å². The highest BCUT2D eigenvalue weighted by Gasteiger charge is 2.21. The second kappa shape index (κ2) is 7.46. The van der Waals surface area contributed by atoms with Gasteiger partial charge in [-0.15, -0.1) is 16.2 Å². The number of hydrazine groups is 1. The molecule has 144 valence electrons. The number of rotatable bonds is 5. The fraction of sp³-hybridized carbons (Fsp3) is 0.200. The van der Waals surface area contributed by atoms with E-state index in [1.807, 2.05) is 36.4 Å². The van der Waals surface area contributed by atoms with Crippen molar-refractivity contribution in [3.05, 3.63) is 70.2 Å². The first-order chi connectivity index (χ1) is 13.4. The van der Waals surface area contributed by atoms with E-state index < -0.39 is 15.9 Å². The van der Waals surface area contributed by atoms with Crippen molar-refractivity contribution in [2.45, 2.75) is 31.1 Å². The molecular formula is C20H19N3O3S2. The molecule has 28 heavy (non-hydrogen) atoms. The zero-order valence-electron chi connectivity index (χ0n) is 15.2. The van der Waals surface area contributed by atoms with Crippen LogP contribution in [0.2, 0.25) is 0 Å². The Morgan fingerprint density at radius 1 is 1.07 bits per heavy atom. The lowest BCUT2D eigenvalue weighted by Crippen LogP contribution is -2.41. The summed E-state index contributed by atoms with van der Waals surface area (Å²) in [5.74, 6) is -0.526. The van der Waals surface area contributed by atoms with Crippen molar-refractivity contribution in [3.63, 3.8) is 0 Å². The molecule has 4 rings (SSSR count). The lowest BCUT2D eigenvalue weighted by Gasteiger charge is -2.09. The van der Waals surface area contributed by atoms with E-state index >= 15 is 0 Å². The van der Waals surface area contributed by atoms with Gasteiger partial charge in [-0.3, -0.25) is 10.2 Å². The van der Waals surface area contributed by atoms with Crippen LogP contribution < -0.4 is 10.3 Å². The zero-order chi connectivity index (χ0) is 19.7. The number of carbonyl (C=O) groups is 1. The molecule has 0 radical (unpaired) electrons. The number of hydrogen-bond acceptors (Lipinski definition) is 5. The van der Waals surface area contributed by atoms with Gasteiger partial charge in [0.2, 0.25) is 0 Å². The number of fused-ring (bicyclic) bond motifs is 1. The van der Waals surface area contributed by atoms with Crippen molar-refractivity contribution in [2.24, 2.45) is 0 Å². The van der Waals surface area contributed by atoms with Crippen LogP contribution >= 0.6 is 11.3 Å². The fourth-order valence-electron chi connectivity index (χ4n) is 3.26. The number of benzene rings is 2. The Morgan fingerprint density at radius 3 is 2.61 bits per heavy atom. The summed E-state index contributed by atoms with van der Waals surface area (Å²) >= 11 is 1.23. The second-order valence-corrected chi connectivity index (χ2v) is 9.32. The first-order valence-corrected chi connectivity index (χ1v) is 11.2. The van der Waals surface area contributed by atoms with E-state index in [0.29, 0.717) is 15.6 Å². The number of hydrogen-bond donors (Lipinski definition) is 2. The SMILES string of the molecule is Cc1nc(-c2ccccc2)sc1C(=O)NNS(=O)(=O)c1ccc2c(c1)CCC2. The third kappa shape index (κ3) is 3.71. The molecule has 0 spiro atoms. The molecule has 0 fully saturated rings. The Balaban J connectivity index is 1.49. The summed E-state index contributed by atoms with van der Waals surface area (Å²) in [5.41, 5.74) is 6.02. The minimum Gasteiger partial charge on any atom is -0.273 e. The monoisotopic (exact) mass is 413 g/mol. The zero-order valence-corrected chi connectivity index (χ0v) is 16.9. The maximum atomic E-state index is 12.5. The summed E-state index contributed by atoms with van der Waals surface area (Å²) < 4.78 is 25.1. The highest BCUT2D eigenvalue weighted by molar-refractivity contribution is 7.89. The topological polar surface area (TPSA) is 88.2 Å². The van der Waals surface area contributed by atoms with Crippen LogP contribution in [0, 0.1) is 6.92 Å². The van der Waals surface area contributed by atoms with Gasteiger partial charge in [-0.25, -0.2) is 13.4 Å². The van der Waals surface area contributed by atoms with E-state index in [1.54, 1.807) is 19.1 Å². The summed E-state index contributed by atoms with van der Waals surface area (Å²) in [7, 11) is -3.84. The number of thiazole rings is 1. The number of carbonyl (C=O) groups excluding carboxylic acids is 1. The molecule has 0 saturated carbocycles. The van der Waals surface area contributed by atoms with E-state index in [2.05, 4.69) is 15.2 Å². The van der Waals surface area contributed by atoms with Gasteiger partial charge in [-0.05, 0) is 49.4 Å². The van der Waals surface area contributed by atoms with Gasteiger partial charge < -0.3 is 0 Å². The van der Waals surface area contributed by atoms with Gasteiger partial charge in [0, 0.05) is 5.56 Å². The molecule has 1 aliphatic carbocycles. The van der Waals surface area contributed by atoms with Crippen LogP contribution in [0.15, 0.2) is 53.4 Å². The van der Waals surface area contributed by atoms with E-state index in [-0.39, 0.29) is 4.90 Å². The smallest absolute Gasteiger partial charge is 0.273 e. The maximum absolute atomic E-state index is 12.5. The van der Waals surface area contributed by atoms with Crippen LogP contribution in [-0.4, -0.2) is 19.3 Å². The van der Waals surface area contributed by atoms with Crippen LogP contribution in [-0.2, 0) is 22.9 Å². The molecule has 0 aliphatic heterocycles. The standard InChI is InChI=1S/C20H19N3O3S2/c1-13-18(27-20(21-13)15-6-3-2-4-7-15)19(24)22-23-28(25,26)17-11-10-14-8-5-9-16(14)12-17/h2-4,6-7,10-12,23H,5,8-9H2,1H3,(H,22,24). The van der Waals surface area contributed by atoms with Crippen molar-refractivity contribution < 1.29 is 13.2 Å². The third-order valence-electron chi connectivity index (χ3n) is 4.70. The van der Waals surface area contributed by atoms with E-state index in [1.165, 1.54) is 16.9 Å². The lowest BCUT2D eigenvalue weighted by atomic mass is 10.1. The molecule has 0 unspecified atom stereocenters. The molecule has 8 heteroatoms. The maximum Gasteiger partial charge on any atom is 0.278 e. The molecular weight excluding hydrogens is 394 g/mol. The predicted molar refractivity (Wildman–Crippen MR) is 109 cm³/mol. The molecule has 2 N–H and O–H groups in total. The third-order valence-corrected chi connectivity index (χ3v) is 7.15. The highest BCUT2D eigenvalue weighted by Crippen LogP contribution is 2.28. The van der Waals surface area contributed by atoms with E-state index in [9.17, 15) is 13.2 Å². The molecule has 1 heterocycles. The molecule has 6 nitrogen and oxygen atoms in total. The molecule has 0 saturated heterocycles. The van der Waals surface area contributed by atoms with Gasteiger partial charge in [-0.1, -0.05) is 36.4 Å². The van der Waals surface area contributed by atoms with Gasteiger partial charge in [0.05, 0.1) is 10.6 Å². The van der Waals surface area contributed by atoms with Crippen LogP contribution in [0.1, 0.15) is 32.9 Å². The molecule has 1 amide bonds. The highest BCUT2D eigenvalue weighted by atomic mass is 32.2. The van der Waals surface area contributed by atoms with Gasteiger partial charge >= 0.3 is 0 Å². The average molecular weight is 414 g/mol. The van der Waals surface area contributed by atoms with Crippen LogP contribution in [0.4, 0.5) is 0 Å². The average Bonchev–Trinajstić information content (AvgIpc) is 3.32. The lowest BCUT2D eigenvalue weighted by molar-refractivity contribution is 0.0948. The van der Waals surface area contributed by atoms with Crippen molar-refractivity contribution in [2.75, 3.05) is 0 Å². The Kier molecular flexibility index (Phi) is 5.01. The second-order valence-electron chi connectivity index (χ2n) is 6.64. The Morgan fingerprint density at radius 2 is 1.82 bits per heavy atom. The van der Waals surface area contributed by atoms with Gasteiger partial charge in [-0.2, -0.15) is 0 Å². The summed E-state index contributed by atoms with van der Waals surface area (Å²) in [6, 6.07) is 14.6. The summed E-state index contributed by atoms with van der Waals surface area (Å²) in [6.07, 6.45) is 2.90. The largest absolute Gasteiger partial charge is 0.278 e. The fourth-order valence-corrected chi connectivity index (χ4v) is 5.11. The van der Waals surface area contributed by atoms with Crippen molar-refractivity contribution >= 4 is 27.3 Å². The van der Waals surface area contributed by atoms with Gasteiger partial charge in [0.1, 0.15) is 9.88 Å². The first-order valence-electron chi connectivity index (χ1n) is 8.91. The van der Waals surface area contributed by atoms with E-state index in [0.717, 1.165) is 30.4 Å².